The monoisotopic (exact) mass is 204 g/mol. The fraction of sp³-hybridized carbons (Fsp3) is 0.308. The van der Waals surface area contributed by atoms with Crippen LogP contribution in [0.4, 0.5) is 0 Å². The van der Waals surface area contributed by atoms with Gasteiger partial charge in [0.25, 0.3) is 0 Å². The van der Waals surface area contributed by atoms with Gasteiger partial charge in [0.05, 0.1) is 0 Å². The van der Waals surface area contributed by atoms with Gasteiger partial charge < -0.3 is 4.74 Å². The van der Waals surface area contributed by atoms with Crippen LogP contribution in [0.1, 0.15) is 30.6 Å². The Kier molecular flexibility index (Phi) is 4.10. The zero-order chi connectivity index (χ0) is 11.3. The first-order valence-electron chi connectivity index (χ1n) is 4.98. The Morgan fingerprint density at radius 1 is 1.60 bits per heavy atom. The van der Waals surface area contributed by atoms with Gasteiger partial charge in [-0.05, 0) is 12.5 Å². The molecule has 0 N–H and O–H groups in total. The molecule has 2 heteroatoms. The second-order valence-corrected chi connectivity index (χ2v) is 3.54. The summed E-state index contributed by atoms with van der Waals surface area (Å²) in [5, 5.41) is 0. The standard InChI is InChI=1S/C13H16O2/c1-4-6-13(15-11(3)14)12-8-5-7-10(2)9-12/h4-5,7-9,13H,1,6H2,2-3H3/t13-/m1/s1. The first kappa shape index (κ1) is 11.5. The van der Waals surface area contributed by atoms with E-state index in [9.17, 15) is 4.79 Å². The van der Waals surface area contributed by atoms with E-state index < -0.39 is 0 Å². The van der Waals surface area contributed by atoms with Crippen molar-refractivity contribution in [3.63, 3.8) is 0 Å². The molecule has 0 saturated heterocycles. The quantitative estimate of drug-likeness (QED) is 0.556. The van der Waals surface area contributed by atoms with E-state index in [0.717, 1.165) is 11.1 Å². The van der Waals surface area contributed by atoms with Crippen molar-refractivity contribution in [1.29, 1.82) is 0 Å². The third kappa shape index (κ3) is 3.58. The Balaban J connectivity index is 2.87. The van der Waals surface area contributed by atoms with E-state index in [2.05, 4.69) is 6.58 Å². The van der Waals surface area contributed by atoms with Gasteiger partial charge in [0.15, 0.2) is 0 Å². The molecule has 0 aromatic heterocycles. The average Bonchev–Trinajstić information content (AvgIpc) is 2.16. The van der Waals surface area contributed by atoms with Crippen molar-refractivity contribution in [3.05, 3.63) is 48.0 Å². The van der Waals surface area contributed by atoms with Gasteiger partial charge in [0, 0.05) is 13.3 Å². The van der Waals surface area contributed by atoms with Crippen LogP contribution < -0.4 is 0 Å². The maximum Gasteiger partial charge on any atom is 0.303 e. The van der Waals surface area contributed by atoms with E-state index >= 15 is 0 Å². The summed E-state index contributed by atoms with van der Waals surface area (Å²) in [4.78, 5) is 10.9. The lowest BCUT2D eigenvalue weighted by Gasteiger charge is -2.16. The third-order valence-corrected chi connectivity index (χ3v) is 2.10. The van der Waals surface area contributed by atoms with Gasteiger partial charge in [-0.3, -0.25) is 4.79 Å². The number of esters is 1. The number of hydrogen-bond acceptors (Lipinski definition) is 2. The van der Waals surface area contributed by atoms with Crippen LogP contribution in [0.15, 0.2) is 36.9 Å². The number of hydrogen-bond donors (Lipinski definition) is 0. The Morgan fingerprint density at radius 3 is 2.87 bits per heavy atom. The van der Waals surface area contributed by atoms with Gasteiger partial charge in [-0.25, -0.2) is 0 Å². The highest BCUT2D eigenvalue weighted by Crippen LogP contribution is 2.22. The Labute approximate surface area is 90.6 Å². The predicted molar refractivity (Wildman–Crippen MR) is 60.5 cm³/mol. The van der Waals surface area contributed by atoms with Gasteiger partial charge in [0.2, 0.25) is 0 Å². The molecule has 0 radical (unpaired) electrons. The minimum atomic E-state index is -0.261. The Bertz CT molecular complexity index is 355. The van der Waals surface area contributed by atoms with Crippen molar-refractivity contribution in [1.82, 2.24) is 0 Å². The second kappa shape index (κ2) is 5.35. The number of ether oxygens (including phenoxy) is 1. The smallest absolute Gasteiger partial charge is 0.303 e. The number of benzene rings is 1. The first-order valence-corrected chi connectivity index (χ1v) is 4.98. The number of carbonyl (C=O) groups is 1. The van der Waals surface area contributed by atoms with E-state index in [1.165, 1.54) is 6.92 Å². The zero-order valence-electron chi connectivity index (χ0n) is 9.19. The molecule has 0 spiro atoms. The van der Waals surface area contributed by atoms with Gasteiger partial charge in [0.1, 0.15) is 6.10 Å². The lowest BCUT2D eigenvalue weighted by Crippen LogP contribution is -2.07. The third-order valence-electron chi connectivity index (χ3n) is 2.10. The van der Waals surface area contributed by atoms with Crippen molar-refractivity contribution >= 4 is 5.97 Å². The van der Waals surface area contributed by atoms with Crippen molar-refractivity contribution in [2.75, 3.05) is 0 Å². The molecule has 15 heavy (non-hydrogen) atoms. The number of aryl methyl sites for hydroxylation is 1. The molecule has 0 aliphatic carbocycles. The Morgan fingerprint density at radius 2 is 2.33 bits per heavy atom. The van der Waals surface area contributed by atoms with Crippen LogP contribution in [-0.4, -0.2) is 5.97 Å². The van der Waals surface area contributed by atoms with E-state index in [4.69, 9.17) is 4.74 Å². The molecule has 0 unspecified atom stereocenters. The van der Waals surface area contributed by atoms with Gasteiger partial charge in [-0.1, -0.05) is 35.9 Å². The highest BCUT2D eigenvalue weighted by atomic mass is 16.5. The Hall–Kier alpha value is -1.57. The minimum Gasteiger partial charge on any atom is -0.457 e. The van der Waals surface area contributed by atoms with Crippen molar-refractivity contribution in [3.8, 4) is 0 Å². The zero-order valence-corrected chi connectivity index (χ0v) is 9.19. The molecule has 0 aliphatic heterocycles. The van der Waals surface area contributed by atoms with Gasteiger partial charge in [-0.15, -0.1) is 6.58 Å². The van der Waals surface area contributed by atoms with Crippen LogP contribution in [0.5, 0.6) is 0 Å². The summed E-state index contributed by atoms with van der Waals surface area (Å²) in [6, 6.07) is 7.97. The maximum absolute atomic E-state index is 10.9. The molecule has 0 aliphatic rings. The van der Waals surface area contributed by atoms with E-state index in [1.807, 2.05) is 31.2 Å². The van der Waals surface area contributed by atoms with Crippen LogP contribution in [0, 0.1) is 6.92 Å². The molecular weight excluding hydrogens is 188 g/mol. The molecule has 2 nitrogen and oxygen atoms in total. The number of rotatable bonds is 4. The van der Waals surface area contributed by atoms with Crippen molar-refractivity contribution < 1.29 is 9.53 Å². The van der Waals surface area contributed by atoms with Crippen LogP contribution in [0.3, 0.4) is 0 Å². The molecule has 1 atom stereocenters. The molecule has 1 aromatic carbocycles. The maximum atomic E-state index is 10.9. The van der Waals surface area contributed by atoms with E-state index in [-0.39, 0.29) is 12.1 Å². The molecule has 0 amide bonds. The molecule has 0 bridgehead atoms. The summed E-state index contributed by atoms with van der Waals surface area (Å²) in [5.74, 6) is -0.261. The molecule has 0 saturated carbocycles. The predicted octanol–water partition coefficient (Wildman–Crippen LogP) is 3.18. The van der Waals surface area contributed by atoms with Gasteiger partial charge >= 0.3 is 5.97 Å². The summed E-state index contributed by atoms with van der Waals surface area (Å²) >= 11 is 0. The lowest BCUT2D eigenvalue weighted by atomic mass is 10.0. The summed E-state index contributed by atoms with van der Waals surface area (Å²) in [7, 11) is 0. The minimum absolute atomic E-state index is 0.208. The molecular formula is C13H16O2. The lowest BCUT2D eigenvalue weighted by molar-refractivity contribution is -0.146. The fourth-order valence-corrected chi connectivity index (χ4v) is 1.47. The van der Waals surface area contributed by atoms with Crippen molar-refractivity contribution in [2.45, 2.75) is 26.4 Å². The van der Waals surface area contributed by atoms with Crippen LogP contribution >= 0.6 is 0 Å². The first-order chi connectivity index (χ1) is 7.13. The fourth-order valence-electron chi connectivity index (χ4n) is 1.47. The van der Waals surface area contributed by atoms with Crippen LogP contribution in [0.2, 0.25) is 0 Å². The van der Waals surface area contributed by atoms with E-state index in [0.29, 0.717) is 6.42 Å². The summed E-state index contributed by atoms with van der Waals surface area (Å²) in [6.45, 7) is 7.10. The van der Waals surface area contributed by atoms with E-state index in [1.54, 1.807) is 6.08 Å². The highest BCUT2D eigenvalue weighted by Gasteiger charge is 2.12. The highest BCUT2D eigenvalue weighted by molar-refractivity contribution is 5.66. The second-order valence-electron chi connectivity index (χ2n) is 3.54. The molecule has 1 rings (SSSR count). The largest absolute Gasteiger partial charge is 0.457 e. The van der Waals surface area contributed by atoms with Crippen molar-refractivity contribution in [2.24, 2.45) is 0 Å². The molecule has 80 valence electrons. The summed E-state index contributed by atoms with van der Waals surface area (Å²) in [5.41, 5.74) is 2.18. The number of carbonyl (C=O) groups excluding carboxylic acids is 1. The van der Waals surface area contributed by atoms with Gasteiger partial charge in [-0.2, -0.15) is 0 Å². The molecule has 1 aromatic rings. The topological polar surface area (TPSA) is 26.3 Å². The average molecular weight is 204 g/mol. The van der Waals surface area contributed by atoms with Crippen LogP contribution in [-0.2, 0) is 9.53 Å². The summed E-state index contributed by atoms with van der Waals surface area (Å²) in [6.07, 6.45) is 2.19. The molecule has 0 fully saturated rings. The SMILES string of the molecule is C=CC[C@@H](OC(C)=O)c1cccc(C)c1. The molecule has 0 heterocycles. The normalized spacial score (nSPS) is 11.9. The summed E-state index contributed by atoms with van der Waals surface area (Å²) < 4.78 is 5.22. The van der Waals surface area contributed by atoms with Crippen LogP contribution in [0.25, 0.3) is 0 Å².